The fourth-order valence-corrected chi connectivity index (χ4v) is 2.35. The number of rotatable bonds is 4. The van der Waals surface area contributed by atoms with E-state index in [4.69, 9.17) is 0 Å². The first-order chi connectivity index (χ1) is 10.6. The number of fused-ring (bicyclic) bond motifs is 1. The lowest BCUT2D eigenvalue weighted by molar-refractivity contribution is 0.0956. The van der Waals surface area contributed by atoms with Crippen LogP contribution in [0.25, 0.3) is 10.9 Å². The van der Waals surface area contributed by atoms with Gasteiger partial charge in [-0.15, -0.1) is 0 Å². The number of aromatic nitrogens is 1. The van der Waals surface area contributed by atoms with Crippen LogP contribution in [0.2, 0.25) is 0 Å². The van der Waals surface area contributed by atoms with E-state index in [-0.39, 0.29) is 17.5 Å². The maximum atomic E-state index is 13.3. The Morgan fingerprint density at radius 1 is 1.05 bits per heavy atom. The zero-order valence-corrected chi connectivity index (χ0v) is 11.7. The van der Waals surface area contributed by atoms with Crippen LogP contribution >= 0.6 is 0 Å². The average Bonchev–Trinajstić information content (AvgIpc) is 2.92. The van der Waals surface area contributed by atoms with Gasteiger partial charge < -0.3 is 10.3 Å². The minimum absolute atomic E-state index is 0.265. The van der Waals surface area contributed by atoms with E-state index in [1.165, 1.54) is 24.3 Å². The highest BCUT2D eigenvalue weighted by Gasteiger charge is 2.12. The molecule has 0 atom stereocenters. The molecule has 2 N–H and O–H groups in total. The Morgan fingerprint density at radius 3 is 2.55 bits per heavy atom. The highest BCUT2D eigenvalue weighted by molar-refractivity contribution is 6.06. The van der Waals surface area contributed by atoms with Crippen LogP contribution in [0.1, 0.15) is 15.9 Å². The Balaban J connectivity index is 1.66. The van der Waals surface area contributed by atoms with Gasteiger partial charge in [-0.05, 0) is 42.3 Å². The lowest BCUT2D eigenvalue weighted by atomic mass is 10.1. The predicted octanol–water partition coefficient (Wildman–Crippen LogP) is 3.42. The molecule has 3 aromatic rings. The van der Waals surface area contributed by atoms with E-state index in [1.807, 2.05) is 0 Å². The van der Waals surface area contributed by atoms with E-state index in [0.717, 1.165) is 5.56 Å². The van der Waals surface area contributed by atoms with Crippen molar-refractivity contribution in [1.82, 2.24) is 10.3 Å². The van der Waals surface area contributed by atoms with E-state index in [2.05, 4.69) is 10.3 Å². The molecular weight excluding hydrogens is 286 g/mol. The third kappa shape index (κ3) is 2.98. The van der Waals surface area contributed by atoms with Crippen LogP contribution in [0, 0.1) is 11.6 Å². The van der Waals surface area contributed by atoms with Crippen molar-refractivity contribution in [2.45, 2.75) is 6.42 Å². The van der Waals surface area contributed by atoms with Crippen molar-refractivity contribution >= 4 is 16.8 Å². The Kier molecular flexibility index (Phi) is 3.87. The van der Waals surface area contributed by atoms with E-state index in [0.29, 0.717) is 29.4 Å². The molecule has 3 nitrogen and oxygen atoms in total. The van der Waals surface area contributed by atoms with Gasteiger partial charge in [0.1, 0.15) is 11.6 Å². The van der Waals surface area contributed by atoms with Crippen LogP contribution in [0.4, 0.5) is 8.78 Å². The van der Waals surface area contributed by atoms with Crippen molar-refractivity contribution in [2.75, 3.05) is 6.54 Å². The molecule has 0 unspecified atom stereocenters. The first-order valence-electron chi connectivity index (χ1n) is 6.93. The summed E-state index contributed by atoms with van der Waals surface area (Å²) in [5.41, 5.74) is 2.06. The minimum atomic E-state index is -0.382. The number of amides is 1. The average molecular weight is 300 g/mol. The van der Waals surface area contributed by atoms with E-state index in [1.54, 1.807) is 24.4 Å². The highest BCUT2D eigenvalue weighted by Crippen LogP contribution is 2.19. The van der Waals surface area contributed by atoms with Gasteiger partial charge in [0.25, 0.3) is 5.91 Å². The van der Waals surface area contributed by atoms with Crippen molar-refractivity contribution in [3.8, 4) is 0 Å². The number of H-pyrrole nitrogens is 1. The molecule has 0 saturated carbocycles. The molecule has 0 aliphatic carbocycles. The largest absolute Gasteiger partial charge is 0.360 e. The maximum absolute atomic E-state index is 13.3. The Labute approximate surface area is 126 Å². The zero-order chi connectivity index (χ0) is 15.5. The zero-order valence-electron chi connectivity index (χ0n) is 11.7. The fourth-order valence-electron chi connectivity index (χ4n) is 2.35. The number of benzene rings is 2. The third-order valence-corrected chi connectivity index (χ3v) is 3.50. The van der Waals surface area contributed by atoms with Crippen LogP contribution in [-0.4, -0.2) is 17.4 Å². The highest BCUT2D eigenvalue weighted by atomic mass is 19.1. The molecule has 0 aliphatic heterocycles. The van der Waals surface area contributed by atoms with Gasteiger partial charge in [-0.1, -0.05) is 12.1 Å². The second-order valence-electron chi connectivity index (χ2n) is 5.02. The summed E-state index contributed by atoms with van der Waals surface area (Å²) in [7, 11) is 0. The number of hydrogen-bond donors (Lipinski definition) is 2. The van der Waals surface area contributed by atoms with Crippen LogP contribution in [0.5, 0.6) is 0 Å². The van der Waals surface area contributed by atoms with Gasteiger partial charge in [-0.2, -0.15) is 0 Å². The number of hydrogen-bond acceptors (Lipinski definition) is 1. The molecule has 0 spiro atoms. The fraction of sp³-hybridized carbons (Fsp3) is 0.118. The van der Waals surface area contributed by atoms with Crippen molar-refractivity contribution in [1.29, 1.82) is 0 Å². The number of halogens is 2. The normalized spacial score (nSPS) is 10.8. The quantitative estimate of drug-likeness (QED) is 0.762. The topological polar surface area (TPSA) is 44.9 Å². The summed E-state index contributed by atoms with van der Waals surface area (Å²) in [6, 6.07) is 10.4. The molecule has 5 heteroatoms. The molecule has 0 fully saturated rings. The SMILES string of the molecule is O=C(NCCc1ccc(F)cc1)c1c[nH]c2ccc(F)cc12. The van der Waals surface area contributed by atoms with E-state index >= 15 is 0 Å². The monoisotopic (exact) mass is 300 g/mol. The lowest BCUT2D eigenvalue weighted by Crippen LogP contribution is -2.25. The summed E-state index contributed by atoms with van der Waals surface area (Å²) >= 11 is 0. The van der Waals surface area contributed by atoms with Crippen molar-refractivity contribution in [3.05, 3.63) is 71.4 Å². The number of carbonyl (C=O) groups is 1. The van der Waals surface area contributed by atoms with E-state index in [9.17, 15) is 13.6 Å². The molecular formula is C17H14F2N2O. The lowest BCUT2D eigenvalue weighted by Gasteiger charge is -2.05. The van der Waals surface area contributed by atoms with Gasteiger partial charge in [-0.25, -0.2) is 8.78 Å². The molecule has 1 amide bonds. The van der Waals surface area contributed by atoms with Crippen LogP contribution in [0.15, 0.2) is 48.7 Å². The van der Waals surface area contributed by atoms with Crippen molar-refractivity contribution in [2.24, 2.45) is 0 Å². The number of carbonyl (C=O) groups excluding carboxylic acids is 1. The molecule has 2 aromatic carbocycles. The first-order valence-corrected chi connectivity index (χ1v) is 6.93. The molecule has 3 rings (SSSR count). The Hall–Kier alpha value is -2.69. The molecule has 1 heterocycles. The van der Waals surface area contributed by atoms with Gasteiger partial charge in [0.15, 0.2) is 0 Å². The molecule has 0 saturated heterocycles. The van der Waals surface area contributed by atoms with Gasteiger partial charge in [0.2, 0.25) is 0 Å². The molecule has 22 heavy (non-hydrogen) atoms. The smallest absolute Gasteiger partial charge is 0.253 e. The maximum Gasteiger partial charge on any atom is 0.253 e. The summed E-state index contributed by atoms with van der Waals surface area (Å²) in [6.45, 7) is 0.423. The van der Waals surface area contributed by atoms with Gasteiger partial charge >= 0.3 is 0 Å². The minimum Gasteiger partial charge on any atom is -0.360 e. The van der Waals surface area contributed by atoms with E-state index < -0.39 is 0 Å². The molecule has 112 valence electrons. The van der Waals surface area contributed by atoms with Gasteiger partial charge in [0, 0.05) is 23.6 Å². The summed E-state index contributed by atoms with van der Waals surface area (Å²) in [4.78, 5) is 15.1. The summed E-state index contributed by atoms with van der Waals surface area (Å²) < 4.78 is 26.1. The predicted molar refractivity (Wildman–Crippen MR) is 80.7 cm³/mol. The second-order valence-corrected chi connectivity index (χ2v) is 5.02. The number of aromatic amines is 1. The van der Waals surface area contributed by atoms with Gasteiger partial charge in [-0.3, -0.25) is 4.79 Å². The molecule has 0 aliphatic rings. The molecule has 0 bridgehead atoms. The van der Waals surface area contributed by atoms with Crippen LogP contribution in [-0.2, 0) is 6.42 Å². The first kappa shape index (κ1) is 14.3. The Bertz CT molecular complexity index is 809. The number of nitrogens with one attached hydrogen (secondary N) is 2. The second kappa shape index (κ2) is 5.97. The van der Waals surface area contributed by atoms with Crippen LogP contribution < -0.4 is 5.32 Å². The van der Waals surface area contributed by atoms with Crippen LogP contribution in [0.3, 0.4) is 0 Å². The van der Waals surface area contributed by atoms with Crippen molar-refractivity contribution < 1.29 is 13.6 Å². The Morgan fingerprint density at radius 2 is 1.77 bits per heavy atom. The summed E-state index contributed by atoms with van der Waals surface area (Å²) in [6.07, 6.45) is 2.17. The standard InChI is InChI=1S/C17H14F2N2O/c18-12-3-1-11(2-4-12)7-8-20-17(22)15-10-21-16-6-5-13(19)9-14(15)16/h1-6,9-10,21H,7-8H2,(H,20,22). The molecule has 1 aromatic heterocycles. The third-order valence-electron chi connectivity index (χ3n) is 3.50. The summed E-state index contributed by atoms with van der Waals surface area (Å²) in [5, 5.41) is 3.34. The van der Waals surface area contributed by atoms with Gasteiger partial charge in [0.05, 0.1) is 5.56 Å². The molecule has 0 radical (unpaired) electrons. The van der Waals surface area contributed by atoms with Crippen molar-refractivity contribution in [3.63, 3.8) is 0 Å². The summed E-state index contributed by atoms with van der Waals surface area (Å²) in [5.74, 6) is -0.931.